The Labute approximate surface area is 216 Å². The lowest BCUT2D eigenvalue weighted by Crippen LogP contribution is -2.51. The second-order valence-corrected chi connectivity index (χ2v) is 10.1. The van der Waals surface area contributed by atoms with Gasteiger partial charge in [0, 0.05) is 13.6 Å². The quantitative estimate of drug-likeness (QED) is 0.411. The highest BCUT2D eigenvalue weighted by Crippen LogP contribution is 2.25. The van der Waals surface area contributed by atoms with Crippen LogP contribution in [0.25, 0.3) is 0 Å². The molecule has 0 unspecified atom stereocenters. The van der Waals surface area contributed by atoms with E-state index in [0.29, 0.717) is 17.7 Å². The van der Waals surface area contributed by atoms with Crippen LogP contribution in [-0.2, 0) is 26.2 Å². The van der Waals surface area contributed by atoms with Gasteiger partial charge in [-0.25, -0.2) is 12.8 Å². The molecule has 0 spiro atoms. The van der Waals surface area contributed by atoms with E-state index in [-0.39, 0.29) is 23.0 Å². The molecule has 196 valence electrons. The predicted molar refractivity (Wildman–Crippen MR) is 139 cm³/mol. The minimum atomic E-state index is -4.19. The van der Waals surface area contributed by atoms with E-state index in [4.69, 9.17) is 4.74 Å². The van der Waals surface area contributed by atoms with Crippen molar-refractivity contribution in [3.63, 3.8) is 0 Å². The molecule has 0 saturated heterocycles. The van der Waals surface area contributed by atoms with Gasteiger partial charge in [-0.1, -0.05) is 37.3 Å². The highest BCUT2D eigenvalue weighted by Gasteiger charge is 2.33. The van der Waals surface area contributed by atoms with Gasteiger partial charge < -0.3 is 15.0 Å². The summed E-state index contributed by atoms with van der Waals surface area (Å²) in [5.74, 6) is -0.935. The molecule has 1 atom stereocenters. The molecule has 0 fully saturated rings. The number of sulfonamides is 1. The van der Waals surface area contributed by atoms with Crippen LogP contribution in [0.2, 0.25) is 0 Å². The third kappa shape index (κ3) is 6.65. The molecule has 3 aromatic carbocycles. The molecule has 0 aromatic heterocycles. The lowest BCUT2D eigenvalue weighted by atomic mass is 10.1. The lowest BCUT2D eigenvalue weighted by Gasteiger charge is -2.33. The molecule has 3 aromatic rings. The van der Waals surface area contributed by atoms with E-state index in [2.05, 4.69) is 5.32 Å². The summed E-state index contributed by atoms with van der Waals surface area (Å²) in [6, 6.07) is 18.7. The van der Waals surface area contributed by atoms with Crippen LogP contribution in [0.1, 0.15) is 18.9 Å². The van der Waals surface area contributed by atoms with Gasteiger partial charge in [0.1, 0.15) is 24.2 Å². The summed E-state index contributed by atoms with van der Waals surface area (Å²) in [7, 11) is -1.19. The number of amides is 2. The summed E-state index contributed by atoms with van der Waals surface area (Å²) in [6.45, 7) is 1.22. The molecule has 0 heterocycles. The minimum Gasteiger partial charge on any atom is -0.497 e. The number of methoxy groups -OCH3 is 1. The lowest BCUT2D eigenvalue weighted by molar-refractivity contribution is -0.140. The summed E-state index contributed by atoms with van der Waals surface area (Å²) in [4.78, 5) is 27.8. The number of likely N-dealkylation sites (N-methyl/N-ethyl adjacent to an activating group) is 1. The number of nitrogens with zero attached hydrogens (tertiary/aromatic N) is 2. The average Bonchev–Trinajstić information content (AvgIpc) is 2.92. The maximum atomic E-state index is 13.8. The molecule has 8 nitrogen and oxygen atoms in total. The topological polar surface area (TPSA) is 96.0 Å². The zero-order valence-electron chi connectivity index (χ0n) is 20.9. The molecule has 37 heavy (non-hydrogen) atoms. The Morgan fingerprint density at radius 3 is 2.27 bits per heavy atom. The second-order valence-electron chi connectivity index (χ2n) is 8.21. The van der Waals surface area contributed by atoms with Crippen LogP contribution < -0.4 is 14.4 Å². The van der Waals surface area contributed by atoms with Crippen molar-refractivity contribution in [2.24, 2.45) is 0 Å². The molecule has 0 bridgehead atoms. The summed E-state index contributed by atoms with van der Waals surface area (Å²) in [6.07, 6.45) is 0.303. The maximum Gasteiger partial charge on any atom is 0.264 e. The van der Waals surface area contributed by atoms with Crippen molar-refractivity contribution in [3.05, 3.63) is 90.2 Å². The first kappa shape index (κ1) is 27.7. The van der Waals surface area contributed by atoms with Gasteiger partial charge in [0.15, 0.2) is 0 Å². The number of hydrogen-bond acceptors (Lipinski definition) is 5. The van der Waals surface area contributed by atoms with Crippen molar-refractivity contribution < 1.29 is 27.1 Å². The van der Waals surface area contributed by atoms with Crippen molar-refractivity contribution in [2.75, 3.05) is 25.0 Å². The number of benzene rings is 3. The molecular formula is C27H30FN3O5S. The fraction of sp³-hybridized carbons (Fsp3) is 0.259. The fourth-order valence-electron chi connectivity index (χ4n) is 3.91. The monoisotopic (exact) mass is 527 g/mol. The van der Waals surface area contributed by atoms with Crippen LogP contribution >= 0.6 is 0 Å². The SMILES string of the molecule is CC[C@H](C(=O)NC)N(Cc1cccc(OC)c1)C(=O)CN(c1ccc(F)cc1)S(=O)(=O)c1ccccc1. The van der Waals surface area contributed by atoms with E-state index in [9.17, 15) is 22.4 Å². The number of carbonyl (C=O) groups is 2. The van der Waals surface area contributed by atoms with Gasteiger partial charge in [-0.2, -0.15) is 0 Å². The maximum absolute atomic E-state index is 13.8. The van der Waals surface area contributed by atoms with E-state index in [1.807, 2.05) is 0 Å². The molecular weight excluding hydrogens is 497 g/mol. The molecule has 10 heteroatoms. The number of hydrogen-bond donors (Lipinski definition) is 1. The Morgan fingerprint density at radius 1 is 1.00 bits per heavy atom. The minimum absolute atomic E-state index is 0.0233. The zero-order valence-corrected chi connectivity index (χ0v) is 21.7. The Balaban J connectivity index is 2.04. The second kappa shape index (κ2) is 12.4. The number of ether oxygens (including phenoxy) is 1. The van der Waals surface area contributed by atoms with Gasteiger partial charge in [-0.05, 0) is 60.5 Å². The number of nitrogens with one attached hydrogen (secondary N) is 1. The molecule has 0 aliphatic carbocycles. The van der Waals surface area contributed by atoms with Crippen molar-refractivity contribution in [1.29, 1.82) is 0 Å². The smallest absolute Gasteiger partial charge is 0.264 e. The number of rotatable bonds is 11. The molecule has 1 N–H and O–H groups in total. The number of carbonyl (C=O) groups excluding carboxylic acids is 2. The summed E-state index contributed by atoms with van der Waals surface area (Å²) in [5.41, 5.74) is 0.822. The van der Waals surface area contributed by atoms with Crippen molar-refractivity contribution in [3.8, 4) is 5.75 Å². The Bertz CT molecular complexity index is 1320. The van der Waals surface area contributed by atoms with E-state index in [1.165, 1.54) is 43.3 Å². The van der Waals surface area contributed by atoms with Gasteiger partial charge in [0.25, 0.3) is 10.0 Å². The predicted octanol–water partition coefficient (Wildman–Crippen LogP) is 3.58. The van der Waals surface area contributed by atoms with Crippen molar-refractivity contribution in [1.82, 2.24) is 10.2 Å². The number of anilines is 1. The van der Waals surface area contributed by atoms with Gasteiger partial charge in [0.2, 0.25) is 11.8 Å². The third-order valence-corrected chi connectivity index (χ3v) is 7.63. The molecule has 0 aliphatic heterocycles. The molecule has 2 amide bonds. The molecule has 0 saturated carbocycles. The van der Waals surface area contributed by atoms with E-state index in [0.717, 1.165) is 16.4 Å². The Hall–Kier alpha value is -3.92. The highest BCUT2D eigenvalue weighted by molar-refractivity contribution is 7.92. The van der Waals surface area contributed by atoms with Crippen LogP contribution in [0.15, 0.2) is 83.8 Å². The fourth-order valence-corrected chi connectivity index (χ4v) is 5.34. The molecule has 0 aliphatic rings. The summed E-state index contributed by atoms with van der Waals surface area (Å²) < 4.78 is 47.1. The zero-order chi connectivity index (χ0) is 27.0. The largest absolute Gasteiger partial charge is 0.497 e. The summed E-state index contributed by atoms with van der Waals surface area (Å²) in [5, 5.41) is 2.58. The molecule has 3 rings (SSSR count). The van der Waals surface area contributed by atoms with Crippen molar-refractivity contribution in [2.45, 2.75) is 30.8 Å². The normalized spacial score (nSPS) is 11.9. The average molecular weight is 528 g/mol. The van der Waals surface area contributed by atoms with Crippen LogP contribution in [0.4, 0.5) is 10.1 Å². The Morgan fingerprint density at radius 2 is 1.68 bits per heavy atom. The van der Waals surface area contributed by atoms with E-state index >= 15 is 0 Å². The first-order chi connectivity index (χ1) is 17.7. The van der Waals surface area contributed by atoms with Crippen LogP contribution in [0, 0.1) is 5.82 Å². The van der Waals surface area contributed by atoms with Gasteiger partial charge in [-0.3, -0.25) is 13.9 Å². The van der Waals surface area contributed by atoms with Crippen molar-refractivity contribution >= 4 is 27.5 Å². The van der Waals surface area contributed by atoms with Crippen LogP contribution in [-0.4, -0.2) is 51.9 Å². The highest BCUT2D eigenvalue weighted by atomic mass is 32.2. The molecule has 0 radical (unpaired) electrons. The van der Waals surface area contributed by atoms with Gasteiger partial charge in [-0.15, -0.1) is 0 Å². The Kier molecular flexibility index (Phi) is 9.24. The number of halogens is 1. The van der Waals surface area contributed by atoms with E-state index < -0.39 is 34.3 Å². The van der Waals surface area contributed by atoms with Gasteiger partial charge in [0.05, 0.1) is 17.7 Å². The van der Waals surface area contributed by atoms with Gasteiger partial charge >= 0.3 is 0 Å². The standard InChI is InChI=1S/C27H30FN3O5S/c1-4-25(27(33)29-2)30(18-20-9-8-10-23(17-20)36-3)26(32)19-31(22-15-13-21(28)14-16-22)37(34,35)24-11-6-5-7-12-24/h5-17,25H,4,18-19H2,1-3H3,(H,29,33)/t25-/m1/s1. The first-order valence-corrected chi connectivity index (χ1v) is 13.1. The first-order valence-electron chi connectivity index (χ1n) is 11.7. The summed E-state index contributed by atoms with van der Waals surface area (Å²) >= 11 is 0. The third-order valence-electron chi connectivity index (χ3n) is 5.84. The van der Waals surface area contributed by atoms with Crippen LogP contribution in [0.3, 0.4) is 0 Å². The van der Waals surface area contributed by atoms with Crippen LogP contribution in [0.5, 0.6) is 5.75 Å². The van der Waals surface area contributed by atoms with E-state index in [1.54, 1.807) is 49.4 Å².